The van der Waals surface area contributed by atoms with Crippen molar-refractivity contribution >= 4 is 21.6 Å². The number of amides is 1. The molecule has 2 aliphatic rings. The Labute approximate surface area is 129 Å². The Hall–Kier alpha value is -1.64. The zero-order chi connectivity index (χ0) is 15.7. The number of rotatable bonds is 4. The average molecular weight is 326 g/mol. The van der Waals surface area contributed by atoms with Gasteiger partial charge in [-0.15, -0.1) is 0 Å². The first-order chi connectivity index (χ1) is 10.5. The zero-order valence-corrected chi connectivity index (χ0v) is 13.0. The van der Waals surface area contributed by atoms with Gasteiger partial charge in [0.15, 0.2) is 6.61 Å². The number of fused-ring (bicyclic) bond motifs is 1. The van der Waals surface area contributed by atoms with E-state index >= 15 is 0 Å². The van der Waals surface area contributed by atoms with Gasteiger partial charge < -0.3 is 14.8 Å². The molecule has 2 N–H and O–H groups in total. The SMILES string of the molecule is C[C@@H](NS(=O)(=O)c1ccc2c(c1)NC(=O)CO2)[C@H]1CCCO1. The minimum absolute atomic E-state index is 0.0621. The maximum absolute atomic E-state index is 12.4. The second-order valence-electron chi connectivity index (χ2n) is 5.46. The van der Waals surface area contributed by atoms with E-state index < -0.39 is 10.0 Å². The Morgan fingerprint density at radius 2 is 2.23 bits per heavy atom. The molecule has 2 aliphatic heterocycles. The second kappa shape index (κ2) is 5.86. The van der Waals surface area contributed by atoms with Gasteiger partial charge in [0.2, 0.25) is 10.0 Å². The van der Waals surface area contributed by atoms with E-state index in [0.717, 1.165) is 12.8 Å². The van der Waals surface area contributed by atoms with Gasteiger partial charge in [0, 0.05) is 12.6 Å². The van der Waals surface area contributed by atoms with Crippen LogP contribution in [-0.4, -0.2) is 39.7 Å². The number of carbonyl (C=O) groups excluding carboxylic acids is 1. The largest absolute Gasteiger partial charge is 0.482 e. The number of benzene rings is 1. The lowest BCUT2D eigenvalue weighted by molar-refractivity contribution is -0.118. The molecule has 1 amide bonds. The lowest BCUT2D eigenvalue weighted by Gasteiger charge is -2.21. The van der Waals surface area contributed by atoms with Crippen LogP contribution in [0.3, 0.4) is 0 Å². The van der Waals surface area contributed by atoms with Crippen LogP contribution in [0, 0.1) is 0 Å². The Morgan fingerprint density at radius 3 is 2.95 bits per heavy atom. The molecule has 7 nitrogen and oxygen atoms in total. The summed E-state index contributed by atoms with van der Waals surface area (Å²) in [5, 5.41) is 2.60. The molecule has 120 valence electrons. The first kappa shape index (κ1) is 15.3. The fourth-order valence-corrected chi connectivity index (χ4v) is 3.91. The van der Waals surface area contributed by atoms with Gasteiger partial charge in [-0.25, -0.2) is 13.1 Å². The Morgan fingerprint density at radius 1 is 1.41 bits per heavy atom. The smallest absolute Gasteiger partial charge is 0.262 e. The third kappa shape index (κ3) is 3.08. The lowest BCUT2D eigenvalue weighted by atomic mass is 10.1. The molecule has 1 aromatic carbocycles. The highest BCUT2D eigenvalue weighted by molar-refractivity contribution is 7.89. The zero-order valence-electron chi connectivity index (χ0n) is 12.2. The quantitative estimate of drug-likeness (QED) is 0.856. The number of anilines is 1. The third-order valence-electron chi connectivity index (χ3n) is 3.76. The Kier molecular flexibility index (Phi) is 4.07. The third-order valence-corrected chi connectivity index (χ3v) is 5.31. The van der Waals surface area contributed by atoms with Crippen LogP contribution < -0.4 is 14.8 Å². The molecular formula is C14H18N2O5S. The van der Waals surface area contributed by atoms with Crippen LogP contribution in [0.1, 0.15) is 19.8 Å². The number of nitrogens with one attached hydrogen (secondary N) is 2. The van der Waals surface area contributed by atoms with Crippen LogP contribution in [0.15, 0.2) is 23.1 Å². The summed E-state index contributed by atoms with van der Waals surface area (Å²) < 4.78 is 38.2. The maximum Gasteiger partial charge on any atom is 0.262 e. The fraction of sp³-hybridized carbons (Fsp3) is 0.500. The van der Waals surface area contributed by atoms with Crippen molar-refractivity contribution in [1.29, 1.82) is 0 Å². The van der Waals surface area contributed by atoms with Crippen molar-refractivity contribution in [3.63, 3.8) is 0 Å². The van der Waals surface area contributed by atoms with Gasteiger partial charge in [-0.3, -0.25) is 4.79 Å². The van der Waals surface area contributed by atoms with E-state index in [0.29, 0.717) is 18.0 Å². The summed E-state index contributed by atoms with van der Waals surface area (Å²) in [4.78, 5) is 11.4. The summed E-state index contributed by atoms with van der Waals surface area (Å²) in [6.07, 6.45) is 1.69. The molecule has 0 aromatic heterocycles. The van der Waals surface area contributed by atoms with Crippen molar-refractivity contribution in [2.45, 2.75) is 36.8 Å². The van der Waals surface area contributed by atoms with Gasteiger partial charge in [0.25, 0.3) is 5.91 Å². The van der Waals surface area contributed by atoms with Gasteiger partial charge in [-0.1, -0.05) is 0 Å². The van der Waals surface area contributed by atoms with Gasteiger partial charge in [0.05, 0.1) is 16.7 Å². The predicted octanol–water partition coefficient (Wildman–Crippen LogP) is 0.863. The molecule has 2 heterocycles. The van der Waals surface area contributed by atoms with Crippen molar-refractivity contribution in [2.75, 3.05) is 18.5 Å². The van der Waals surface area contributed by atoms with Crippen molar-refractivity contribution in [2.24, 2.45) is 0 Å². The molecule has 8 heteroatoms. The van der Waals surface area contributed by atoms with Gasteiger partial charge in [0.1, 0.15) is 5.75 Å². The Balaban J connectivity index is 1.80. The molecule has 0 bridgehead atoms. The van der Waals surface area contributed by atoms with Crippen molar-refractivity contribution in [3.05, 3.63) is 18.2 Å². The van der Waals surface area contributed by atoms with Crippen molar-refractivity contribution < 1.29 is 22.7 Å². The van der Waals surface area contributed by atoms with E-state index in [-0.39, 0.29) is 29.6 Å². The van der Waals surface area contributed by atoms with Crippen LogP contribution in [0.2, 0.25) is 0 Å². The number of hydrogen-bond acceptors (Lipinski definition) is 5. The van der Waals surface area contributed by atoms with E-state index in [9.17, 15) is 13.2 Å². The predicted molar refractivity (Wildman–Crippen MR) is 79.3 cm³/mol. The number of sulfonamides is 1. The van der Waals surface area contributed by atoms with Crippen LogP contribution in [0.25, 0.3) is 0 Å². The van der Waals surface area contributed by atoms with Crippen molar-refractivity contribution in [1.82, 2.24) is 4.72 Å². The normalized spacial score (nSPS) is 22.6. The molecule has 0 spiro atoms. The van der Waals surface area contributed by atoms with Crippen LogP contribution in [-0.2, 0) is 19.6 Å². The number of hydrogen-bond donors (Lipinski definition) is 2. The summed E-state index contributed by atoms with van der Waals surface area (Å²) in [5.41, 5.74) is 0.365. The van der Waals surface area contributed by atoms with E-state index in [1.165, 1.54) is 12.1 Å². The highest BCUT2D eigenvalue weighted by atomic mass is 32.2. The topological polar surface area (TPSA) is 93.7 Å². The van der Waals surface area contributed by atoms with Gasteiger partial charge in [-0.05, 0) is 38.0 Å². The van der Waals surface area contributed by atoms with E-state index in [2.05, 4.69) is 10.0 Å². The maximum atomic E-state index is 12.4. The minimum atomic E-state index is -3.68. The second-order valence-corrected chi connectivity index (χ2v) is 7.17. The summed E-state index contributed by atoms with van der Waals surface area (Å²) in [7, 11) is -3.68. The molecule has 0 unspecified atom stereocenters. The van der Waals surface area contributed by atoms with Crippen LogP contribution in [0.4, 0.5) is 5.69 Å². The fourth-order valence-electron chi connectivity index (χ4n) is 2.61. The van der Waals surface area contributed by atoms with E-state index in [4.69, 9.17) is 9.47 Å². The molecular weight excluding hydrogens is 308 g/mol. The lowest BCUT2D eigenvalue weighted by Crippen LogP contribution is -2.40. The summed E-state index contributed by atoms with van der Waals surface area (Å²) >= 11 is 0. The Bertz CT molecular complexity index is 682. The number of carbonyl (C=O) groups is 1. The molecule has 1 fully saturated rings. The molecule has 1 aromatic rings. The number of ether oxygens (including phenoxy) is 2. The first-order valence-corrected chi connectivity index (χ1v) is 8.65. The van der Waals surface area contributed by atoms with Gasteiger partial charge >= 0.3 is 0 Å². The van der Waals surface area contributed by atoms with Crippen LogP contribution >= 0.6 is 0 Å². The van der Waals surface area contributed by atoms with E-state index in [1.54, 1.807) is 13.0 Å². The summed E-state index contributed by atoms with van der Waals surface area (Å²) in [6.45, 7) is 2.39. The highest BCUT2D eigenvalue weighted by Crippen LogP contribution is 2.30. The molecule has 1 saturated heterocycles. The molecule has 0 aliphatic carbocycles. The van der Waals surface area contributed by atoms with Crippen LogP contribution in [0.5, 0.6) is 5.75 Å². The highest BCUT2D eigenvalue weighted by Gasteiger charge is 2.28. The standard InChI is InChI=1S/C14H18N2O5S/c1-9(12-3-2-6-20-12)16-22(18,19)10-4-5-13-11(7-10)15-14(17)8-21-13/h4-5,7,9,12,16H,2-3,6,8H2,1H3,(H,15,17)/t9-,12-/m1/s1. The monoisotopic (exact) mass is 326 g/mol. The molecule has 0 radical (unpaired) electrons. The first-order valence-electron chi connectivity index (χ1n) is 7.16. The summed E-state index contributed by atoms with van der Waals surface area (Å²) in [5.74, 6) is 0.161. The summed E-state index contributed by atoms with van der Waals surface area (Å²) in [6, 6.07) is 4.09. The molecule has 2 atom stereocenters. The molecule has 3 rings (SSSR count). The van der Waals surface area contributed by atoms with E-state index in [1.807, 2.05) is 0 Å². The average Bonchev–Trinajstić information content (AvgIpc) is 3.00. The van der Waals surface area contributed by atoms with Gasteiger partial charge in [-0.2, -0.15) is 0 Å². The van der Waals surface area contributed by atoms with Crippen molar-refractivity contribution in [3.8, 4) is 5.75 Å². The molecule has 0 saturated carbocycles. The molecule has 22 heavy (non-hydrogen) atoms. The minimum Gasteiger partial charge on any atom is -0.482 e.